The van der Waals surface area contributed by atoms with Crippen molar-refractivity contribution < 1.29 is 0 Å². The van der Waals surface area contributed by atoms with E-state index in [2.05, 4.69) is 45.4 Å². The predicted molar refractivity (Wildman–Crippen MR) is 121 cm³/mol. The number of thiazole rings is 1. The average Bonchev–Trinajstić information content (AvgIpc) is 3.33. The van der Waals surface area contributed by atoms with Gasteiger partial charge in [-0.3, -0.25) is 9.78 Å². The molecule has 6 heteroatoms. The van der Waals surface area contributed by atoms with Gasteiger partial charge in [-0.1, -0.05) is 59.9 Å². The maximum absolute atomic E-state index is 13.1. The highest BCUT2D eigenvalue weighted by Crippen LogP contribution is 2.29. The van der Waals surface area contributed by atoms with Gasteiger partial charge in [0.15, 0.2) is 5.82 Å². The molecule has 0 unspecified atom stereocenters. The Morgan fingerprint density at radius 2 is 1.53 bits per heavy atom. The smallest absolute Gasteiger partial charge is 0.266 e. The van der Waals surface area contributed by atoms with E-state index in [4.69, 9.17) is 0 Å². The number of hydrogen-bond acceptors (Lipinski definition) is 5. The van der Waals surface area contributed by atoms with Gasteiger partial charge in [-0.2, -0.15) is 9.50 Å². The summed E-state index contributed by atoms with van der Waals surface area (Å²) in [5, 5.41) is 8.96. The molecule has 6 aromatic rings. The Balaban J connectivity index is 1.61. The zero-order valence-corrected chi connectivity index (χ0v) is 16.5. The van der Waals surface area contributed by atoms with E-state index in [1.807, 2.05) is 42.5 Å². The summed E-state index contributed by atoms with van der Waals surface area (Å²) < 4.78 is 2.01. The van der Waals surface area contributed by atoms with Crippen molar-refractivity contribution in [2.75, 3.05) is 0 Å². The summed E-state index contributed by atoms with van der Waals surface area (Å²) in [6.07, 6.45) is 5.35. The molecule has 0 fully saturated rings. The molecule has 0 saturated heterocycles. The number of pyridine rings is 1. The van der Waals surface area contributed by atoms with Crippen LogP contribution in [0.15, 0.2) is 83.9 Å². The van der Waals surface area contributed by atoms with Gasteiger partial charge < -0.3 is 0 Å². The van der Waals surface area contributed by atoms with Crippen molar-refractivity contribution in [1.82, 2.24) is 19.6 Å². The first-order valence-corrected chi connectivity index (χ1v) is 10.3. The normalized spacial score (nSPS) is 12.3. The lowest BCUT2D eigenvalue weighted by atomic mass is 9.97. The fraction of sp³-hybridized carbons (Fsp3) is 0. The number of hydrogen-bond donors (Lipinski definition) is 0. The molecule has 3 heterocycles. The first kappa shape index (κ1) is 17.0. The summed E-state index contributed by atoms with van der Waals surface area (Å²) in [5.74, 6) is 0.530. The van der Waals surface area contributed by atoms with Gasteiger partial charge in [-0.15, -0.1) is 5.10 Å². The molecule has 3 aromatic carbocycles. The standard InChI is InChI=1S/C24H14N4OS/c29-23-21(30-24-26-22(27-28(23)24)15-9-11-25-12-10-15)14-20-18-7-3-1-5-16(18)13-17-6-2-4-8-19(17)20/h1-14H/b21-14-. The largest absolute Gasteiger partial charge is 0.291 e. The molecule has 3 aromatic heterocycles. The summed E-state index contributed by atoms with van der Waals surface area (Å²) in [6.45, 7) is 0. The molecule has 0 atom stereocenters. The number of aromatic nitrogens is 4. The van der Waals surface area contributed by atoms with Gasteiger partial charge in [0.1, 0.15) is 0 Å². The van der Waals surface area contributed by atoms with Crippen LogP contribution in [-0.4, -0.2) is 19.6 Å². The number of nitrogens with zero attached hydrogens (tertiary/aromatic N) is 4. The highest BCUT2D eigenvalue weighted by molar-refractivity contribution is 7.15. The van der Waals surface area contributed by atoms with Crippen molar-refractivity contribution in [2.24, 2.45) is 0 Å². The molecule has 0 spiro atoms. The van der Waals surface area contributed by atoms with E-state index < -0.39 is 0 Å². The van der Waals surface area contributed by atoms with E-state index >= 15 is 0 Å². The topological polar surface area (TPSA) is 60.2 Å². The molecule has 0 bridgehead atoms. The second kappa shape index (κ2) is 6.57. The van der Waals surface area contributed by atoms with Crippen LogP contribution in [0.1, 0.15) is 5.56 Å². The van der Waals surface area contributed by atoms with Crippen molar-refractivity contribution in [3.63, 3.8) is 0 Å². The molecule has 6 rings (SSSR count). The van der Waals surface area contributed by atoms with Gasteiger partial charge in [-0.05, 0) is 51.4 Å². The van der Waals surface area contributed by atoms with Gasteiger partial charge in [0.2, 0.25) is 4.96 Å². The molecule has 0 saturated carbocycles. The van der Waals surface area contributed by atoms with Crippen molar-refractivity contribution in [2.45, 2.75) is 0 Å². The Hall–Kier alpha value is -3.90. The zero-order valence-electron chi connectivity index (χ0n) is 15.7. The Kier molecular flexibility index (Phi) is 3.72. The van der Waals surface area contributed by atoms with Crippen LogP contribution in [0, 0.1) is 0 Å². The van der Waals surface area contributed by atoms with E-state index in [9.17, 15) is 4.79 Å². The van der Waals surface area contributed by atoms with Crippen LogP contribution in [-0.2, 0) is 0 Å². The van der Waals surface area contributed by atoms with Crippen molar-refractivity contribution in [3.8, 4) is 11.4 Å². The lowest BCUT2D eigenvalue weighted by molar-refractivity contribution is 0.936. The third-order valence-corrected chi connectivity index (χ3v) is 6.17. The summed E-state index contributed by atoms with van der Waals surface area (Å²) in [5.41, 5.74) is 1.73. The third kappa shape index (κ3) is 2.62. The second-order valence-corrected chi connectivity index (χ2v) is 8.02. The number of fused-ring (bicyclic) bond motifs is 3. The molecule has 0 radical (unpaired) electrons. The Labute approximate surface area is 174 Å². The molecule has 142 valence electrons. The third-order valence-electron chi connectivity index (χ3n) is 5.21. The fourth-order valence-corrected chi connectivity index (χ4v) is 4.68. The molecule has 0 aliphatic carbocycles. The van der Waals surface area contributed by atoms with Crippen LogP contribution in [0.3, 0.4) is 0 Å². The maximum atomic E-state index is 13.1. The summed E-state index contributed by atoms with van der Waals surface area (Å²) >= 11 is 1.36. The summed E-state index contributed by atoms with van der Waals surface area (Å²) in [7, 11) is 0. The van der Waals surface area contributed by atoms with E-state index in [1.54, 1.807) is 12.4 Å². The van der Waals surface area contributed by atoms with Gasteiger partial charge in [0.25, 0.3) is 5.56 Å². The van der Waals surface area contributed by atoms with Crippen LogP contribution in [0.2, 0.25) is 0 Å². The first-order chi connectivity index (χ1) is 14.8. The van der Waals surface area contributed by atoms with Crippen LogP contribution in [0.5, 0.6) is 0 Å². The molecule has 0 aliphatic heterocycles. The molecule has 30 heavy (non-hydrogen) atoms. The SMILES string of the molecule is O=c1/c(=C/c2c3ccccc3cc3ccccc23)sc2nc(-c3ccncc3)nn12. The minimum Gasteiger partial charge on any atom is -0.266 e. The van der Waals surface area contributed by atoms with Crippen LogP contribution >= 0.6 is 11.3 Å². The lowest BCUT2D eigenvalue weighted by Gasteiger charge is -2.07. The Morgan fingerprint density at radius 1 is 0.867 bits per heavy atom. The minimum atomic E-state index is -0.153. The van der Waals surface area contributed by atoms with E-state index in [1.165, 1.54) is 15.9 Å². The quantitative estimate of drug-likeness (QED) is 0.407. The van der Waals surface area contributed by atoms with Crippen molar-refractivity contribution in [1.29, 1.82) is 0 Å². The van der Waals surface area contributed by atoms with Gasteiger partial charge in [0.05, 0.1) is 4.53 Å². The molecule has 0 amide bonds. The maximum Gasteiger partial charge on any atom is 0.291 e. The molecular weight excluding hydrogens is 392 g/mol. The minimum absolute atomic E-state index is 0.153. The molecule has 0 aliphatic rings. The van der Waals surface area contributed by atoms with Crippen molar-refractivity contribution >= 4 is 43.9 Å². The highest BCUT2D eigenvalue weighted by Gasteiger charge is 2.13. The number of rotatable bonds is 2. The molecule has 0 N–H and O–H groups in total. The molecule has 5 nitrogen and oxygen atoms in total. The Bertz CT molecular complexity index is 1610. The molecular formula is C24H14N4OS. The van der Waals surface area contributed by atoms with Gasteiger partial charge in [0, 0.05) is 18.0 Å². The summed E-state index contributed by atoms with van der Waals surface area (Å²) in [6, 6.07) is 22.3. The number of benzene rings is 3. The zero-order chi connectivity index (χ0) is 20.1. The van der Waals surface area contributed by atoms with Crippen LogP contribution in [0.4, 0.5) is 0 Å². The van der Waals surface area contributed by atoms with E-state index in [0.717, 1.165) is 32.7 Å². The first-order valence-electron chi connectivity index (χ1n) is 9.50. The van der Waals surface area contributed by atoms with E-state index in [-0.39, 0.29) is 5.56 Å². The predicted octanol–water partition coefficient (Wildman–Crippen LogP) is 4.07. The summed E-state index contributed by atoms with van der Waals surface area (Å²) in [4.78, 5) is 22.2. The van der Waals surface area contributed by atoms with Gasteiger partial charge in [-0.25, -0.2) is 0 Å². The fourth-order valence-electron chi connectivity index (χ4n) is 3.79. The second-order valence-electron chi connectivity index (χ2n) is 7.01. The monoisotopic (exact) mass is 406 g/mol. The highest BCUT2D eigenvalue weighted by atomic mass is 32.1. The Morgan fingerprint density at radius 3 is 2.20 bits per heavy atom. The van der Waals surface area contributed by atoms with Crippen molar-refractivity contribution in [3.05, 3.63) is 99.6 Å². The van der Waals surface area contributed by atoms with Crippen LogP contribution in [0.25, 0.3) is 44.0 Å². The van der Waals surface area contributed by atoms with E-state index in [0.29, 0.717) is 15.3 Å². The van der Waals surface area contributed by atoms with Crippen LogP contribution < -0.4 is 10.1 Å². The average molecular weight is 406 g/mol. The van der Waals surface area contributed by atoms with Gasteiger partial charge >= 0.3 is 0 Å². The lowest BCUT2D eigenvalue weighted by Crippen LogP contribution is -2.23.